The largest absolute Gasteiger partial charge is 0.490 e. The van der Waals surface area contributed by atoms with Crippen LogP contribution in [0.15, 0.2) is 36.4 Å². The first-order valence-corrected chi connectivity index (χ1v) is 9.39. The molecule has 0 aliphatic rings. The minimum absolute atomic E-state index is 0.0370. The molecule has 4 nitrogen and oxygen atoms in total. The molecule has 1 unspecified atom stereocenters. The third-order valence-electron chi connectivity index (χ3n) is 4.06. The van der Waals surface area contributed by atoms with Crippen LogP contribution in [-0.4, -0.2) is 18.3 Å². The Morgan fingerprint density at radius 2 is 1.69 bits per heavy atom. The summed E-state index contributed by atoms with van der Waals surface area (Å²) >= 11 is 5.49. The highest BCUT2D eigenvalue weighted by molar-refractivity contribution is 7.80. The molecule has 26 heavy (non-hydrogen) atoms. The van der Waals surface area contributed by atoms with Crippen molar-refractivity contribution in [2.45, 2.75) is 40.7 Å². The molecule has 0 aromatic heterocycles. The molecule has 2 aromatic carbocycles. The van der Waals surface area contributed by atoms with Crippen LogP contribution in [0, 0.1) is 13.8 Å². The van der Waals surface area contributed by atoms with E-state index in [0.29, 0.717) is 18.3 Å². The Labute approximate surface area is 161 Å². The van der Waals surface area contributed by atoms with Gasteiger partial charge >= 0.3 is 0 Å². The second kappa shape index (κ2) is 9.43. The van der Waals surface area contributed by atoms with Gasteiger partial charge in [0, 0.05) is 5.69 Å². The fourth-order valence-corrected chi connectivity index (χ4v) is 2.93. The lowest BCUT2D eigenvalue weighted by Crippen LogP contribution is -2.31. The summed E-state index contributed by atoms with van der Waals surface area (Å²) in [5.41, 5.74) is 4.47. The number of hydrogen-bond donors (Lipinski definition) is 2. The van der Waals surface area contributed by atoms with Crippen LogP contribution < -0.4 is 20.1 Å². The van der Waals surface area contributed by atoms with Crippen LogP contribution in [0.1, 0.15) is 43.5 Å². The van der Waals surface area contributed by atoms with Crippen LogP contribution in [0.3, 0.4) is 0 Å². The molecule has 5 heteroatoms. The minimum atomic E-state index is 0.0370. The molecular formula is C21H28N2O2S. The van der Waals surface area contributed by atoms with E-state index in [1.807, 2.05) is 32.0 Å². The summed E-state index contributed by atoms with van der Waals surface area (Å²) in [6.45, 7) is 11.3. The highest BCUT2D eigenvalue weighted by Crippen LogP contribution is 2.30. The van der Waals surface area contributed by atoms with Crippen molar-refractivity contribution in [2.24, 2.45) is 0 Å². The van der Waals surface area contributed by atoms with Gasteiger partial charge in [-0.2, -0.15) is 0 Å². The van der Waals surface area contributed by atoms with E-state index in [9.17, 15) is 0 Å². The van der Waals surface area contributed by atoms with Gasteiger partial charge in [0.25, 0.3) is 0 Å². The van der Waals surface area contributed by atoms with Gasteiger partial charge in [-0.3, -0.25) is 0 Å². The first-order chi connectivity index (χ1) is 12.4. The van der Waals surface area contributed by atoms with Crippen molar-refractivity contribution < 1.29 is 9.47 Å². The van der Waals surface area contributed by atoms with E-state index >= 15 is 0 Å². The Balaban J connectivity index is 2.08. The number of rotatable bonds is 7. The zero-order chi connectivity index (χ0) is 19.1. The van der Waals surface area contributed by atoms with Crippen molar-refractivity contribution in [3.63, 3.8) is 0 Å². The molecule has 0 saturated heterocycles. The molecule has 0 aliphatic carbocycles. The van der Waals surface area contributed by atoms with Gasteiger partial charge in [-0.1, -0.05) is 18.2 Å². The lowest BCUT2D eigenvalue weighted by atomic mass is 10.1. The fraction of sp³-hybridized carbons (Fsp3) is 0.381. The van der Waals surface area contributed by atoms with Crippen LogP contribution in [-0.2, 0) is 0 Å². The van der Waals surface area contributed by atoms with Gasteiger partial charge in [0.05, 0.1) is 19.3 Å². The second-order valence-corrected chi connectivity index (χ2v) is 6.62. The number of aryl methyl sites for hydroxylation is 2. The predicted octanol–water partition coefficient (Wildman–Crippen LogP) is 5.15. The van der Waals surface area contributed by atoms with Gasteiger partial charge in [-0.15, -0.1) is 0 Å². The van der Waals surface area contributed by atoms with E-state index in [1.54, 1.807) is 0 Å². The number of nitrogens with one attached hydrogen (secondary N) is 2. The topological polar surface area (TPSA) is 42.5 Å². The summed E-state index contributed by atoms with van der Waals surface area (Å²) in [5.74, 6) is 1.52. The van der Waals surface area contributed by atoms with Crippen molar-refractivity contribution in [1.82, 2.24) is 5.32 Å². The normalized spacial score (nSPS) is 11.6. The van der Waals surface area contributed by atoms with E-state index in [4.69, 9.17) is 21.7 Å². The first-order valence-electron chi connectivity index (χ1n) is 8.98. The average Bonchev–Trinajstić information content (AvgIpc) is 2.60. The Morgan fingerprint density at radius 3 is 2.38 bits per heavy atom. The molecule has 0 heterocycles. The minimum Gasteiger partial charge on any atom is -0.490 e. The third-order valence-corrected chi connectivity index (χ3v) is 4.28. The van der Waals surface area contributed by atoms with E-state index in [-0.39, 0.29) is 6.04 Å². The summed E-state index contributed by atoms with van der Waals surface area (Å²) < 4.78 is 11.3. The molecule has 0 spiro atoms. The summed E-state index contributed by atoms with van der Waals surface area (Å²) in [7, 11) is 0. The van der Waals surface area contributed by atoms with Crippen molar-refractivity contribution in [2.75, 3.05) is 18.5 Å². The lowest BCUT2D eigenvalue weighted by molar-refractivity contribution is 0.287. The quantitative estimate of drug-likeness (QED) is 0.658. The van der Waals surface area contributed by atoms with E-state index < -0.39 is 0 Å². The number of benzene rings is 2. The third kappa shape index (κ3) is 5.36. The summed E-state index contributed by atoms with van der Waals surface area (Å²) in [4.78, 5) is 0. The van der Waals surface area contributed by atoms with E-state index in [2.05, 4.69) is 49.6 Å². The smallest absolute Gasteiger partial charge is 0.171 e. The van der Waals surface area contributed by atoms with Gasteiger partial charge in [0.2, 0.25) is 0 Å². The van der Waals surface area contributed by atoms with Gasteiger partial charge in [0.15, 0.2) is 16.6 Å². The lowest BCUT2D eigenvalue weighted by Gasteiger charge is -2.20. The average molecular weight is 373 g/mol. The number of thiocarbonyl (C=S) groups is 1. The zero-order valence-electron chi connectivity index (χ0n) is 16.2. The Morgan fingerprint density at radius 1 is 1.00 bits per heavy atom. The van der Waals surface area contributed by atoms with Crippen LogP contribution >= 0.6 is 12.2 Å². The molecule has 2 rings (SSSR count). The summed E-state index contributed by atoms with van der Waals surface area (Å²) in [6, 6.07) is 12.3. The number of ether oxygens (including phenoxy) is 2. The second-order valence-electron chi connectivity index (χ2n) is 6.21. The van der Waals surface area contributed by atoms with Gasteiger partial charge in [0.1, 0.15) is 0 Å². The molecule has 2 N–H and O–H groups in total. The molecule has 0 fully saturated rings. The monoisotopic (exact) mass is 372 g/mol. The molecule has 1 atom stereocenters. The maximum absolute atomic E-state index is 5.71. The fourth-order valence-electron chi connectivity index (χ4n) is 2.65. The van der Waals surface area contributed by atoms with Crippen molar-refractivity contribution in [1.29, 1.82) is 0 Å². The molecule has 2 aromatic rings. The maximum atomic E-state index is 5.71. The molecule has 0 aliphatic heterocycles. The van der Waals surface area contributed by atoms with Gasteiger partial charge in [-0.05, 0) is 81.7 Å². The molecule has 0 saturated carbocycles. The highest BCUT2D eigenvalue weighted by Gasteiger charge is 2.12. The number of hydrogen-bond acceptors (Lipinski definition) is 3. The number of anilines is 1. The maximum Gasteiger partial charge on any atom is 0.171 e. The van der Waals surface area contributed by atoms with Crippen LogP contribution in [0.25, 0.3) is 0 Å². The van der Waals surface area contributed by atoms with E-state index in [0.717, 1.165) is 28.3 Å². The summed E-state index contributed by atoms with van der Waals surface area (Å²) in [6.07, 6.45) is 0. The Hall–Kier alpha value is -2.27. The molecular weight excluding hydrogens is 344 g/mol. The SMILES string of the molecule is CCOc1ccc(C(C)NC(=S)Nc2cc(C)ccc2C)cc1OCC. The van der Waals surface area contributed by atoms with Crippen LogP contribution in [0.2, 0.25) is 0 Å². The molecule has 140 valence electrons. The molecule has 0 bridgehead atoms. The van der Waals surface area contributed by atoms with Gasteiger partial charge < -0.3 is 20.1 Å². The Kier molecular flexibility index (Phi) is 7.27. The van der Waals surface area contributed by atoms with E-state index in [1.165, 1.54) is 5.56 Å². The molecule has 0 radical (unpaired) electrons. The van der Waals surface area contributed by atoms with Crippen molar-refractivity contribution >= 4 is 23.0 Å². The first kappa shape index (κ1) is 20.0. The zero-order valence-corrected chi connectivity index (χ0v) is 17.0. The van der Waals surface area contributed by atoms with Crippen LogP contribution in [0.4, 0.5) is 5.69 Å². The van der Waals surface area contributed by atoms with Crippen LogP contribution in [0.5, 0.6) is 11.5 Å². The Bertz CT molecular complexity index is 762. The highest BCUT2D eigenvalue weighted by atomic mass is 32.1. The van der Waals surface area contributed by atoms with Crippen molar-refractivity contribution in [3.8, 4) is 11.5 Å². The predicted molar refractivity (Wildman–Crippen MR) is 112 cm³/mol. The molecule has 0 amide bonds. The van der Waals surface area contributed by atoms with Crippen molar-refractivity contribution in [3.05, 3.63) is 53.1 Å². The standard InChI is InChI=1S/C21H28N2O2S/c1-6-24-19-11-10-17(13-20(19)25-7-2)16(5)22-21(26)23-18-12-14(3)8-9-15(18)4/h8-13,16H,6-7H2,1-5H3,(H2,22,23,26). The van der Waals surface area contributed by atoms with Gasteiger partial charge in [-0.25, -0.2) is 0 Å². The summed E-state index contributed by atoms with van der Waals surface area (Å²) in [5, 5.41) is 7.22.